The van der Waals surface area contributed by atoms with Crippen molar-refractivity contribution in [2.75, 3.05) is 13.2 Å². The summed E-state index contributed by atoms with van der Waals surface area (Å²) in [6, 6.07) is 16.2. The summed E-state index contributed by atoms with van der Waals surface area (Å²) in [6.07, 6.45) is 0.950. The van der Waals surface area contributed by atoms with Gasteiger partial charge in [0.1, 0.15) is 12.3 Å². The number of ether oxygens (including phenoxy) is 1. The Bertz CT molecular complexity index is 755. The molecule has 0 bridgehead atoms. The van der Waals surface area contributed by atoms with Gasteiger partial charge in [0.05, 0.1) is 6.61 Å². The molecule has 0 aliphatic carbocycles. The van der Waals surface area contributed by atoms with Crippen molar-refractivity contribution in [3.05, 3.63) is 59.7 Å². The van der Waals surface area contributed by atoms with Gasteiger partial charge in [0.2, 0.25) is 0 Å². The average Bonchev–Trinajstić information content (AvgIpc) is 2.93. The summed E-state index contributed by atoms with van der Waals surface area (Å²) < 4.78 is 5.51. The van der Waals surface area contributed by atoms with Gasteiger partial charge in [-0.3, -0.25) is 4.79 Å². The summed E-state index contributed by atoms with van der Waals surface area (Å²) in [6.45, 7) is 5.40. The number of fused-ring (bicyclic) bond motifs is 1. The Morgan fingerprint density at radius 3 is 2.75 bits per heavy atom. The first-order valence-corrected chi connectivity index (χ1v) is 9.16. The Kier molecular flexibility index (Phi) is 5.36. The van der Waals surface area contributed by atoms with Crippen molar-refractivity contribution in [1.82, 2.24) is 0 Å². The number of carbonyl (C=O) groups is 1. The monoisotopic (exact) mass is 340 g/mol. The van der Waals surface area contributed by atoms with Gasteiger partial charge in [-0.1, -0.05) is 30.3 Å². The number of hydrogen-bond acceptors (Lipinski definition) is 3. The summed E-state index contributed by atoms with van der Waals surface area (Å²) >= 11 is 1.62. The molecule has 24 heavy (non-hydrogen) atoms. The predicted octanol–water partition coefficient (Wildman–Crippen LogP) is 2.53. The number of hydrogen-bond donors (Lipinski definition) is 1. The van der Waals surface area contributed by atoms with Gasteiger partial charge in [-0.2, -0.15) is 0 Å². The van der Waals surface area contributed by atoms with Gasteiger partial charge in [0.15, 0.2) is 16.7 Å². The second-order valence-electron chi connectivity index (χ2n) is 5.80. The van der Waals surface area contributed by atoms with E-state index < -0.39 is 0 Å². The van der Waals surface area contributed by atoms with E-state index in [-0.39, 0.29) is 11.0 Å². The zero-order valence-corrected chi connectivity index (χ0v) is 14.9. The smallest absolute Gasteiger partial charge is 0.187 e. The lowest BCUT2D eigenvalue weighted by Crippen LogP contribution is -2.75. The van der Waals surface area contributed by atoms with Gasteiger partial charge in [-0.15, -0.1) is 11.8 Å². The molecule has 0 spiro atoms. The quantitative estimate of drug-likeness (QED) is 0.822. The van der Waals surface area contributed by atoms with Gasteiger partial charge in [-0.25, -0.2) is 4.99 Å². The van der Waals surface area contributed by atoms with Crippen LogP contribution >= 0.6 is 11.8 Å². The minimum atomic E-state index is -0.146. The summed E-state index contributed by atoms with van der Waals surface area (Å²) in [5, 5.41) is -0.146. The number of ketones is 1. The van der Waals surface area contributed by atoms with Gasteiger partial charge in [-0.05, 0) is 30.7 Å². The highest BCUT2D eigenvalue weighted by atomic mass is 32.2. The molecule has 1 aliphatic heterocycles. The van der Waals surface area contributed by atoms with Crippen molar-refractivity contribution in [1.29, 1.82) is 0 Å². The summed E-state index contributed by atoms with van der Waals surface area (Å²) in [5.41, 5.74) is 3.10. The van der Waals surface area contributed by atoms with E-state index in [4.69, 9.17) is 4.74 Å². The van der Waals surface area contributed by atoms with Crippen LogP contribution in [0.3, 0.4) is 0 Å². The number of nitrogens with one attached hydrogen (secondary N) is 1. The van der Waals surface area contributed by atoms with Crippen LogP contribution in [0.15, 0.2) is 53.4 Å². The number of Topliss-reactive ketones (excluding diaryl/α,β-unsaturated/α-hetero) is 1. The van der Waals surface area contributed by atoms with Crippen LogP contribution in [0, 0.1) is 0 Å². The third-order valence-electron chi connectivity index (χ3n) is 4.06. The molecule has 2 aromatic rings. The number of rotatable bonds is 6. The van der Waals surface area contributed by atoms with E-state index in [1.54, 1.807) is 11.8 Å². The van der Waals surface area contributed by atoms with E-state index in [0.717, 1.165) is 34.9 Å². The molecule has 4 heteroatoms. The van der Waals surface area contributed by atoms with Gasteiger partial charge in [0, 0.05) is 23.8 Å². The molecule has 0 amide bonds. The maximum atomic E-state index is 12.7. The maximum absolute atomic E-state index is 12.7. The number of carbonyl (C=O) groups excluding carboxylic acids is 1. The fourth-order valence-electron chi connectivity index (χ4n) is 2.81. The molecule has 124 valence electrons. The van der Waals surface area contributed by atoms with Crippen LogP contribution in [0.1, 0.15) is 29.8 Å². The second-order valence-corrected chi connectivity index (χ2v) is 6.95. The minimum absolute atomic E-state index is 0.146. The molecule has 0 saturated carbocycles. The van der Waals surface area contributed by atoms with Gasteiger partial charge >= 0.3 is 0 Å². The van der Waals surface area contributed by atoms with E-state index in [2.05, 4.69) is 29.3 Å². The first kappa shape index (κ1) is 16.8. The van der Waals surface area contributed by atoms with Gasteiger partial charge in [0.25, 0.3) is 0 Å². The Morgan fingerprint density at radius 2 is 2.00 bits per heavy atom. The lowest BCUT2D eigenvalue weighted by Gasteiger charge is -2.03. The standard InChI is InChI=1S/C20H21NO2S/c1-3-23-16-9-10-18-17(13-16)19(22)20(24-18)14(2)21-12-11-15-7-5-4-6-8-15/h4-10,13,20H,3,11-12H2,1-2H3/p+1/t20-/m1/s1. The third kappa shape index (κ3) is 3.70. The van der Waals surface area contributed by atoms with Crippen LogP contribution in [0.4, 0.5) is 0 Å². The molecule has 0 fully saturated rings. The van der Waals surface area contributed by atoms with E-state index >= 15 is 0 Å². The van der Waals surface area contributed by atoms with E-state index in [1.807, 2.05) is 38.1 Å². The van der Waals surface area contributed by atoms with Crippen molar-refractivity contribution in [2.24, 2.45) is 0 Å². The lowest BCUT2D eigenvalue weighted by molar-refractivity contribution is -0.457. The molecule has 0 saturated heterocycles. The fraction of sp³-hybridized carbons (Fsp3) is 0.300. The van der Waals surface area contributed by atoms with Crippen LogP contribution in [0.2, 0.25) is 0 Å². The molecule has 0 radical (unpaired) electrons. The highest BCUT2D eigenvalue weighted by Gasteiger charge is 2.36. The number of benzene rings is 2. The van der Waals surface area contributed by atoms with Crippen LogP contribution in [0.25, 0.3) is 0 Å². The molecule has 1 atom stereocenters. The predicted molar refractivity (Wildman–Crippen MR) is 98.2 cm³/mol. The van der Waals surface area contributed by atoms with Crippen molar-refractivity contribution >= 4 is 23.3 Å². The van der Waals surface area contributed by atoms with Crippen LogP contribution in [-0.2, 0) is 6.42 Å². The Morgan fingerprint density at radius 1 is 1.21 bits per heavy atom. The molecule has 1 aliphatic rings. The highest BCUT2D eigenvalue weighted by molar-refractivity contribution is 8.02. The zero-order valence-electron chi connectivity index (χ0n) is 14.0. The molecule has 0 unspecified atom stereocenters. The first-order valence-electron chi connectivity index (χ1n) is 8.28. The highest BCUT2D eigenvalue weighted by Crippen LogP contribution is 2.38. The Labute approximate surface area is 147 Å². The minimum Gasteiger partial charge on any atom is -0.494 e. The zero-order chi connectivity index (χ0) is 16.9. The molecule has 2 aromatic carbocycles. The molecular formula is C20H22NO2S+. The van der Waals surface area contributed by atoms with Crippen LogP contribution in [0.5, 0.6) is 5.75 Å². The molecule has 0 aromatic heterocycles. The van der Waals surface area contributed by atoms with Gasteiger partial charge < -0.3 is 4.74 Å². The maximum Gasteiger partial charge on any atom is 0.187 e. The molecule has 1 N–H and O–H groups in total. The molecule has 3 nitrogen and oxygen atoms in total. The second kappa shape index (κ2) is 7.67. The third-order valence-corrected chi connectivity index (χ3v) is 5.48. The van der Waals surface area contributed by atoms with E-state index in [0.29, 0.717) is 6.61 Å². The molecular weight excluding hydrogens is 318 g/mol. The van der Waals surface area contributed by atoms with Crippen LogP contribution in [-0.4, -0.2) is 29.9 Å². The fourth-order valence-corrected chi connectivity index (χ4v) is 3.99. The summed E-state index contributed by atoms with van der Waals surface area (Å²) in [4.78, 5) is 17.2. The average molecular weight is 340 g/mol. The Balaban J connectivity index is 1.67. The summed E-state index contributed by atoms with van der Waals surface area (Å²) in [7, 11) is 0. The van der Waals surface area contributed by atoms with E-state index in [1.165, 1.54) is 5.56 Å². The van der Waals surface area contributed by atoms with Crippen molar-refractivity contribution in [3.8, 4) is 5.75 Å². The normalized spacial score (nSPS) is 17.0. The molecule has 1 heterocycles. The SMILES string of the molecule is CCOc1ccc2c(c1)C(=O)[C@@H](C(C)=[NH+]CCc1ccccc1)S2. The molecule has 3 rings (SSSR count). The number of thioether (sulfide) groups is 1. The largest absolute Gasteiger partial charge is 0.494 e. The van der Waals surface area contributed by atoms with Crippen molar-refractivity contribution in [2.45, 2.75) is 30.4 Å². The van der Waals surface area contributed by atoms with Crippen molar-refractivity contribution < 1.29 is 14.5 Å². The van der Waals surface area contributed by atoms with Crippen LogP contribution < -0.4 is 9.73 Å². The van der Waals surface area contributed by atoms with E-state index in [9.17, 15) is 4.79 Å². The Hall–Kier alpha value is -2.07. The first-order chi connectivity index (χ1) is 11.7. The lowest BCUT2D eigenvalue weighted by atomic mass is 10.1. The summed E-state index contributed by atoms with van der Waals surface area (Å²) in [5.74, 6) is 0.932. The van der Waals surface area contributed by atoms with Crippen molar-refractivity contribution in [3.63, 3.8) is 0 Å². The topological polar surface area (TPSA) is 40.3 Å².